The molecule has 0 heterocycles. The van der Waals surface area contributed by atoms with Crippen LogP contribution in [0.15, 0.2) is 18.2 Å². The van der Waals surface area contributed by atoms with Crippen LogP contribution in [-0.4, -0.2) is 33.9 Å². The Morgan fingerprint density at radius 2 is 2.16 bits per heavy atom. The largest absolute Gasteiger partial charge is 0.383 e. The maximum atomic E-state index is 6.37. The second-order valence-corrected chi connectivity index (χ2v) is 5.21. The lowest BCUT2D eigenvalue weighted by atomic mass is 10.1. The standard InChI is InChI=1S/C15H25ClN2O/c1-5-8-17-12(2)13-6-7-15(14(16)11-13)18(3)9-10-19-4/h6-7,11-12,17H,5,8-10H2,1-4H3. The van der Waals surface area contributed by atoms with Crippen LogP contribution in [-0.2, 0) is 4.74 Å². The average Bonchev–Trinajstić information content (AvgIpc) is 2.41. The van der Waals surface area contributed by atoms with Crippen molar-refractivity contribution in [3.63, 3.8) is 0 Å². The van der Waals surface area contributed by atoms with E-state index in [0.29, 0.717) is 12.6 Å². The first-order chi connectivity index (χ1) is 9.10. The summed E-state index contributed by atoms with van der Waals surface area (Å²) in [7, 11) is 3.73. The summed E-state index contributed by atoms with van der Waals surface area (Å²) in [5.74, 6) is 0. The number of halogens is 1. The van der Waals surface area contributed by atoms with Crippen LogP contribution in [0.5, 0.6) is 0 Å². The lowest BCUT2D eigenvalue weighted by molar-refractivity contribution is 0.206. The Morgan fingerprint density at radius 1 is 1.42 bits per heavy atom. The molecule has 1 rings (SSSR count). The molecule has 0 saturated heterocycles. The molecule has 0 amide bonds. The Hall–Kier alpha value is -0.770. The fraction of sp³-hybridized carbons (Fsp3) is 0.600. The van der Waals surface area contributed by atoms with Gasteiger partial charge in [-0.15, -0.1) is 0 Å². The van der Waals surface area contributed by atoms with E-state index in [4.69, 9.17) is 16.3 Å². The molecule has 0 aliphatic rings. The van der Waals surface area contributed by atoms with E-state index in [2.05, 4.69) is 36.2 Å². The van der Waals surface area contributed by atoms with Crippen molar-refractivity contribution in [2.75, 3.05) is 38.8 Å². The average molecular weight is 285 g/mol. The summed E-state index contributed by atoms with van der Waals surface area (Å²) in [6, 6.07) is 6.60. The Labute approximate surface area is 121 Å². The molecule has 0 aromatic heterocycles. The number of hydrogen-bond donors (Lipinski definition) is 1. The highest BCUT2D eigenvalue weighted by Gasteiger charge is 2.10. The summed E-state index contributed by atoms with van der Waals surface area (Å²) in [5.41, 5.74) is 2.27. The van der Waals surface area contributed by atoms with E-state index in [1.165, 1.54) is 5.56 Å². The first-order valence-corrected chi connectivity index (χ1v) is 7.20. The molecule has 108 valence electrons. The van der Waals surface area contributed by atoms with E-state index in [0.717, 1.165) is 30.2 Å². The highest BCUT2D eigenvalue weighted by atomic mass is 35.5. The zero-order valence-corrected chi connectivity index (χ0v) is 13.1. The van der Waals surface area contributed by atoms with Gasteiger partial charge in [-0.2, -0.15) is 0 Å². The Kier molecular flexibility index (Phi) is 7.21. The summed E-state index contributed by atoms with van der Waals surface area (Å²) in [6.45, 7) is 6.88. The highest BCUT2D eigenvalue weighted by molar-refractivity contribution is 6.33. The molecular weight excluding hydrogens is 260 g/mol. The minimum absolute atomic E-state index is 0.329. The predicted molar refractivity (Wildman–Crippen MR) is 83.3 cm³/mol. The fourth-order valence-electron chi connectivity index (χ4n) is 1.93. The molecule has 1 aromatic carbocycles. The zero-order chi connectivity index (χ0) is 14.3. The van der Waals surface area contributed by atoms with Crippen molar-refractivity contribution in [2.45, 2.75) is 26.3 Å². The second kappa shape index (κ2) is 8.41. The van der Waals surface area contributed by atoms with Gasteiger partial charge in [0.25, 0.3) is 0 Å². The number of likely N-dealkylation sites (N-methyl/N-ethyl adjacent to an activating group) is 1. The number of anilines is 1. The van der Waals surface area contributed by atoms with Gasteiger partial charge >= 0.3 is 0 Å². The molecule has 0 radical (unpaired) electrons. The van der Waals surface area contributed by atoms with Crippen LogP contribution in [0.25, 0.3) is 0 Å². The monoisotopic (exact) mass is 284 g/mol. The summed E-state index contributed by atoms with van der Waals surface area (Å²) in [6.07, 6.45) is 1.13. The molecular formula is C15H25ClN2O. The zero-order valence-electron chi connectivity index (χ0n) is 12.4. The van der Waals surface area contributed by atoms with Crippen molar-refractivity contribution in [2.24, 2.45) is 0 Å². The van der Waals surface area contributed by atoms with Gasteiger partial charge in [0.2, 0.25) is 0 Å². The van der Waals surface area contributed by atoms with Crippen LogP contribution >= 0.6 is 11.6 Å². The number of methoxy groups -OCH3 is 1. The minimum Gasteiger partial charge on any atom is -0.383 e. The SMILES string of the molecule is CCCNC(C)c1ccc(N(C)CCOC)c(Cl)c1. The lowest BCUT2D eigenvalue weighted by Gasteiger charge is -2.22. The van der Waals surface area contributed by atoms with Gasteiger partial charge in [-0.1, -0.05) is 24.6 Å². The molecule has 0 spiro atoms. The maximum absolute atomic E-state index is 6.37. The normalized spacial score (nSPS) is 12.5. The van der Waals surface area contributed by atoms with Crippen molar-refractivity contribution in [1.29, 1.82) is 0 Å². The van der Waals surface area contributed by atoms with Gasteiger partial charge in [0.05, 0.1) is 17.3 Å². The molecule has 1 aromatic rings. The number of nitrogens with one attached hydrogen (secondary N) is 1. The quantitative estimate of drug-likeness (QED) is 0.791. The molecule has 0 fully saturated rings. The van der Waals surface area contributed by atoms with E-state index in [1.807, 2.05) is 13.1 Å². The van der Waals surface area contributed by atoms with Crippen LogP contribution in [0, 0.1) is 0 Å². The highest BCUT2D eigenvalue weighted by Crippen LogP contribution is 2.28. The van der Waals surface area contributed by atoms with E-state index < -0.39 is 0 Å². The van der Waals surface area contributed by atoms with Gasteiger partial charge in [-0.3, -0.25) is 0 Å². The van der Waals surface area contributed by atoms with E-state index in [1.54, 1.807) is 7.11 Å². The third kappa shape index (κ3) is 5.01. The van der Waals surface area contributed by atoms with Crippen LogP contribution in [0.1, 0.15) is 31.9 Å². The minimum atomic E-state index is 0.329. The predicted octanol–water partition coefficient (Wildman–Crippen LogP) is 3.48. The number of hydrogen-bond acceptors (Lipinski definition) is 3. The van der Waals surface area contributed by atoms with Gasteiger partial charge in [0.15, 0.2) is 0 Å². The Balaban J connectivity index is 2.73. The smallest absolute Gasteiger partial charge is 0.0642 e. The molecule has 1 N–H and O–H groups in total. The number of rotatable bonds is 8. The van der Waals surface area contributed by atoms with E-state index >= 15 is 0 Å². The van der Waals surface area contributed by atoms with Crippen LogP contribution < -0.4 is 10.2 Å². The molecule has 3 nitrogen and oxygen atoms in total. The summed E-state index contributed by atoms with van der Waals surface area (Å²) < 4.78 is 5.09. The van der Waals surface area contributed by atoms with Crippen molar-refractivity contribution >= 4 is 17.3 Å². The first-order valence-electron chi connectivity index (χ1n) is 6.83. The number of ether oxygens (including phenoxy) is 1. The molecule has 0 aliphatic carbocycles. The molecule has 0 bridgehead atoms. The third-order valence-electron chi connectivity index (χ3n) is 3.21. The summed E-state index contributed by atoms with van der Waals surface area (Å²) in [5, 5.41) is 4.26. The van der Waals surface area contributed by atoms with Gasteiger partial charge in [-0.05, 0) is 37.6 Å². The van der Waals surface area contributed by atoms with E-state index in [9.17, 15) is 0 Å². The van der Waals surface area contributed by atoms with Gasteiger partial charge in [0, 0.05) is 26.7 Å². The summed E-state index contributed by atoms with van der Waals surface area (Å²) in [4.78, 5) is 2.11. The van der Waals surface area contributed by atoms with Crippen LogP contribution in [0.4, 0.5) is 5.69 Å². The maximum Gasteiger partial charge on any atom is 0.0642 e. The number of benzene rings is 1. The third-order valence-corrected chi connectivity index (χ3v) is 3.52. The number of nitrogens with zero attached hydrogens (tertiary/aromatic N) is 1. The van der Waals surface area contributed by atoms with Crippen LogP contribution in [0.3, 0.4) is 0 Å². The van der Waals surface area contributed by atoms with Crippen molar-refractivity contribution in [1.82, 2.24) is 5.32 Å². The van der Waals surface area contributed by atoms with Crippen LogP contribution in [0.2, 0.25) is 5.02 Å². The fourth-order valence-corrected chi connectivity index (χ4v) is 2.26. The molecule has 4 heteroatoms. The molecule has 0 aliphatic heterocycles. The topological polar surface area (TPSA) is 24.5 Å². The molecule has 0 saturated carbocycles. The van der Waals surface area contributed by atoms with Crippen molar-refractivity contribution < 1.29 is 4.74 Å². The van der Waals surface area contributed by atoms with Crippen molar-refractivity contribution in [3.05, 3.63) is 28.8 Å². The molecule has 1 unspecified atom stereocenters. The molecule has 19 heavy (non-hydrogen) atoms. The van der Waals surface area contributed by atoms with Gasteiger partial charge < -0.3 is 15.0 Å². The van der Waals surface area contributed by atoms with Gasteiger partial charge in [-0.25, -0.2) is 0 Å². The first kappa shape index (κ1) is 16.3. The van der Waals surface area contributed by atoms with E-state index in [-0.39, 0.29) is 0 Å². The summed E-state index contributed by atoms with van der Waals surface area (Å²) >= 11 is 6.37. The Morgan fingerprint density at radius 3 is 2.74 bits per heavy atom. The lowest BCUT2D eigenvalue weighted by Crippen LogP contribution is -2.23. The molecule has 1 atom stereocenters. The van der Waals surface area contributed by atoms with Gasteiger partial charge in [0.1, 0.15) is 0 Å². The second-order valence-electron chi connectivity index (χ2n) is 4.80. The van der Waals surface area contributed by atoms with Crippen molar-refractivity contribution in [3.8, 4) is 0 Å². The Bertz CT molecular complexity index is 384.